The van der Waals surface area contributed by atoms with Crippen LogP contribution in [0.2, 0.25) is 0 Å². The Hall–Kier alpha value is -4.28. The van der Waals surface area contributed by atoms with Gasteiger partial charge in [0.15, 0.2) is 0 Å². The highest BCUT2D eigenvalue weighted by Crippen LogP contribution is 2.46. The first kappa shape index (κ1) is 24.4. The molecular formula is C27H30N10. The third-order valence-corrected chi connectivity index (χ3v) is 7.11. The molecule has 0 amide bonds. The van der Waals surface area contributed by atoms with Gasteiger partial charge in [-0.2, -0.15) is 15.6 Å². The van der Waals surface area contributed by atoms with Crippen LogP contribution in [-0.4, -0.2) is 49.6 Å². The van der Waals surface area contributed by atoms with Crippen molar-refractivity contribution in [2.75, 3.05) is 18.4 Å². The van der Waals surface area contributed by atoms with Gasteiger partial charge in [0.2, 0.25) is 5.95 Å². The molecule has 188 valence electrons. The van der Waals surface area contributed by atoms with Gasteiger partial charge in [-0.25, -0.2) is 9.97 Å². The minimum absolute atomic E-state index is 0.0240. The van der Waals surface area contributed by atoms with Gasteiger partial charge >= 0.3 is 0 Å². The van der Waals surface area contributed by atoms with E-state index >= 15 is 0 Å². The van der Waals surface area contributed by atoms with E-state index in [-0.39, 0.29) is 5.92 Å². The molecule has 3 aromatic rings. The molecule has 5 rings (SSSR count). The molecule has 1 saturated heterocycles. The van der Waals surface area contributed by atoms with Gasteiger partial charge in [-0.1, -0.05) is 12.1 Å². The van der Waals surface area contributed by atoms with Crippen molar-refractivity contribution in [3.05, 3.63) is 54.5 Å². The number of nitriles is 2. The van der Waals surface area contributed by atoms with Gasteiger partial charge in [-0.3, -0.25) is 14.6 Å². The lowest BCUT2D eigenvalue weighted by Crippen LogP contribution is -2.46. The van der Waals surface area contributed by atoms with Crippen LogP contribution in [0.5, 0.6) is 0 Å². The van der Waals surface area contributed by atoms with Gasteiger partial charge in [0.05, 0.1) is 53.8 Å². The van der Waals surface area contributed by atoms with Crippen molar-refractivity contribution in [1.29, 1.82) is 10.5 Å². The highest BCUT2D eigenvalue weighted by Gasteiger charge is 2.46. The fraction of sp³-hybridized carbons (Fsp3) is 0.407. The van der Waals surface area contributed by atoms with Gasteiger partial charge in [-0.05, 0) is 49.9 Å². The maximum atomic E-state index is 9.30. The first-order chi connectivity index (χ1) is 18.0. The van der Waals surface area contributed by atoms with Crippen LogP contribution < -0.4 is 11.1 Å². The SMILES string of the molecule is CC(N)=NC1CCN(Cc2ccc(Nc3nccc(-c4cnn(C5(CC#N)CC(C#N)C5)c4)n3)cc2)C1. The van der Waals surface area contributed by atoms with Crippen molar-refractivity contribution in [2.45, 2.75) is 50.7 Å². The zero-order valence-corrected chi connectivity index (χ0v) is 20.9. The Kier molecular flexibility index (Phi) is 6.85. The number of nitrogens with two attached hydrogens (primary N) is 1. The number of nitrogens with zero attached hydrogens (tertiary/aromatic N) is 8. The van der Waals surface area contributed by atoms with Gasteiger partial charge in [0, 0.05) is 43.3 Å². The van der Waals surface area contributed by atoms with E-state index < -0.39 is 5.54 Å². The Morgan fingerprint density at radius 3 is 2.78 bits per heavy atom. The third-order valence-electron chi connectivity index (χ3n) is 7.11. The van der Waals surface area contributed by atoms with E-state index in [2.05, 4.69) is 54.5 Å². The van der Waals surface area contributed by atoms with Crippen LogP contribution in [0.15, 0.2) is 53.9 Å². The zero-order valence-electron chi connectivity index (χ0n) is 20.9. The standard InChI is InChI=1S/C27H30N10/c1-19(30)33-24-7-11-36(18-24)16-20-2-4-23(5-3-20)34-26-31-10-6-25(35-26)22-15-32-37(17-22)27(8-9-28)12-21(13-27)14-29/h2-6,10,15,17,21,24H,7-8,11-13,16,18H2,1H3,(H2,30,33)(H,31,34,35). The topological polar surface area (TPSA) is 145 Å². The van der Waals surface area contributed by atoms with Crippen molar-refractivity contribution < 1.29 is 0 Å². The number of hydrogen-bond donors (Lipinski definition) is 2. The largest absolute Gasteiger partial charge is 0.388 e. The maximum absolute atomic E-state index is 9.30. The van der Waals surface area contributed by atoms with Crippen molar-refractivity contribution in [2.24, 2.45) is 16.6 Å². The first-order valence-corrected chi connectivity index (χ1v) is 12.5. The van der Waals surface area contributed by atoms with Crippen LogP contribution in [0.25, 0.3) is 11.3 Å². The second-order valence-corrected chi connectivity index (χ2v) is 10.0. The summed E-state index contributed by atoms with van der Waals surface area (Å²) in [5.41, 5.74) is 9.05. The molecule has 1 unspecified atom stereocenters. The summed E-state index contributed by atoms with van der Waals surface area (Å²) in [5, 5.41) is 26.3. The Morgan fingerprint density at radius 2 is 2.05 bits per heavy atom. The Bertz CT molecular complexity index is 1350. The number of rotatable bonds is 8. The quantitative estimate of drug-likeness (QED) is 0.357. The second kappa shape index (κ2) is 10.4. The molecule has 0 bridgehead atoms. The first-order valence-electron chi connectivity index (χ1n) is 12.5. The zero-order chi connectivity index (χ0) is 25.8. The lowest BCUT2D eigenvalue weighted by Gasteiger charge is -2.43. The van der Waals surface area contributed by atoms with Crippen LogP contribution in [0.1, 0.15) is 38.2 Å². The monoisotopic (exact) mass is 494 g/mol. The highest BCUT2D eigenvalue weighted by molar-refractivity contribution is 5.77. The summed E-state index contributed by atoms with van der Waals surface area (Å²) in [7, 11) is 0. The molecule has 2 aromatic heterocycles. The molecule has 3 N–H and O–H groups in total. The van der Waals surface area contributed by atoms with Gasteiger partial charge < -0.3 is 11.1 Å². The number of aromatic nitrogens is 4. The van der Waals surface area contributed by atoms with Crippen LogP contribution in [-0.2, 0) is 12.1 Å². The number of benzene rings is 1. The molecule has 1 aromatic carbocycles. The Morgan fingerprint density at radius 1 is 1.24 bits per heavy atom. The predicted octanol–water partition coefficient (Wildman–Crippen LogP) is 3.58. The molecule has 10 nitrogen and oxygen atoms in total. The number of nitrogens with one attached hydrogen (secondary N) is 1. The summed E-state index contributed by atoms with van der Waals surface area (Å²) in [6.07, 6.45) is 8.04. The molecule has 37 heavy (non-hydrogen) atoms. The van der Waals surface area contributed by atoms with Gasteiger partial charge in [-0.15, -0.1) is 0 Å². The van der Waals surface area contributed by atoms with Gasteiger partial charge in [0.25, 0.3) is 0 Å². The summed E-state index contributed by atoms with van der Waals surface area (Å²) in [4.78, 5) is 15.9. The summed E-state index contributed by atoms with van der Waals surface area (Å²) < 4.78 is 1.83. The molecule has 1 aliphatic heterocycles. The van der Waals surface area contributed by atoms with Crippen LogP contribution >= 0.6 is 0 Å². The van der Waals surface area contributed by atoms with E-state index in [1.54, 1.807) is 12.4 Å². The van der Waals surface area contributed by atoms with Crippen molar-refractivity contribution in [3.63, 3.8) is 0 Å². The molecule has 1 saturated carbocycles. The van der Waals surface area contributed by atoms with Gasteiger partial charge in [0.1, 0.15) is 0 Å². The van der Waals surface area contributed by atoms with E-state index in [0.29, 0.717) is 37.1 Å². The highest BCUT2D eigenvalue weighted by atomic mass is 15.3. The summed E-state index contributed by atoms with van der Waals surface area (Å²) in [6.45, 7) is 4.68. The molecular weight excluding hydrogens is 464 g/mol. The third kappa shape index (κ3) is 5.45. The lowest BCUT2D eigenvalue weighted by atomic mass is 9.67. The van der Waals surface area contributed by atoms with E-state index in [1.807, 2.05) is 36.0 Å². The molecule has 1 atom stereocenters. The van der Waals surface area contributed by atoms with Crippen molar-refractivity contribution in [1.82, 2.24) is 24.6 Å². The maximum Gasteiger partial charge on any atom is 0.227 e. The molecule has 1 aliphatic carbocycles. The lowest BCUT2D eigenvalue weighted by molar-refractivity contribution is 0.0882. The Labute approximate surface area is 216 Å². The fourth-order valence-electron chi connectivity index (χ4n) is 5.23. The van der Waals surface area contributed by atoms with E-state index in [1.165, 1.54) is 5.56 Å². The Balaban J connectivity index is 1.22. The molecule has 3 heterocycles. The second-order valence-electron chi connectivity index (χ2n) is 10.0. The number of hydrogen-bond acceptors (Lipinski definition) is 8. The summed E-state index contributed by atoms with van der Waals surface area (Å²) in [6, 6.07) is 15.0. The average Bonchev–Trinajstić information content (AvgIpc) is 3.52. The van der Waals surface area contributed by atoms with E-state index in [0.717, 1.165) is 43.0 Å². The minimum atomic E-state index is -0.407. The number of anilines is 2. The van der Waals surface area contributed by atoms with Crippen LogP contribution in [0.3, 0.4) is 0 Å². The molecule has 2 aliphatic rings. The average molecular weight is 495 g/mol. The van der Waals surface area contributed by atoms with Crippen LogP contribution in [0, 0.1) is 28.6 Å². The summed E-state index contributed by atoms with van der Waals surface area (Å²) >= 11 is 0. The minimum Gasteiger partial charge on any atom is -0.388 e. The summed E-state index contributed by atoms with van der Waals surface area (Å²) in [5.74, 6) is 1.12. The smallest absolute Gasteiger partial charge is 0.227 e. The number of likely N-dealkylation sites (tertiary alicyclic amines) is 1. The predicted molar refractivity (Wildman–Crippen MR) is 140 cm³/mol. The molecule has 0 radical (unpaired) electrons. The normalized spacial score (nSPS) is 23.7. The van der Waals surface area contributed by atoms with E-state index in [4.69, 9.17) is 5.73 Å². The van der Waals surface area contributed by atoms with Crippen molar-refractivity contribution in [3.8, 4) is 23.4 Å². The van der Waals surface area contributed by atoms with Crippen LogP contribution in [0.4, 0.5) is 11.6 Å². The van der Waals surface area contributed by atoms with E-state index in [9.17, 15) is 10.5 Å². The molecule has 2 fully saturated rings. The number of aliphatic imine (C=N–C) groups is 1. The molecule has 10 heteroatoms. The fourth-order valence-corrected chi connectivity index (χ4v) is 5.23. The molecule has 0 spiro atoms. The van der Waals surface area contributed by atoms with Crippen molar-refractivity contribution >= 4 is 17.5 Å². The number of amidine groups is 1.